The van der Waals surface area contributed by atoms with Gasteiger partial charge in [0.2, 0.25) is 0 Å². The molecule has 1 atom stereocenters. The van der Waals surface area contributed by atoms with E-state index in [1.807, 2.05) is 19.1 Å². The lowest BCUT2D eigenvalue weighted by atomic mass is 10.2. The predicted molar refractivity (Wildman–Crippen MR) is 69.8 cm³/mol. The van der Waals surface area contributed by atoms with Gasteiger partial charge in [0.25, 0.3) is 0 Å². The molecular formula is C14H21NO4. The number of ether oxygens (including phenoxy) is 1. The lowest BCUT2D eigenvalue weighted by molar-refractivity contribution is -0.150. The molecule has 106 valence electrons. The third-order valence-electron chi connectivity index (χ3n) is 3.32. The maximum atomic E-state index is 11.0. The molecule has 0 saturated heterocycles. The van der Waals surface area contributed by atoms with E-state index in [1.54, 1.807) is 6.26 Å². The summed E-state index contributed by atoms with van der Waals surface area (Å²) in [5.41, 5.74) is 0. The van der Waals surface area contributed by atoms with Gasteiger partial charge in [0.1, 0.15) is 5.76 Å². The summed E-state index contributed by atoms with van der Waals surface area (Å²) >= 11 is 0. The maximum Gasteiger partial charge on any atom is 0.332 e. The Balaban J connectivity index is 1.84. The first-order valence-electron chi connectivity index (χ1n) is 6.81. The zero-order valence-electron chi connectivity index (χ0n) is 11.2. The summed E-state index contributed by atoms with van der Waals surface area (Å²) in [6.45, 7) is 3.72. The van der Waals surface area contributed by atoms with Gasteiger partial charge in [-0.05, 0) is 38.3 Å². The number of aliphatic carboxylic acids is 1. The monoisotopic (exact) mass is 267 g/mol. The first kappa shape index (κ1) is 14.1. The molecule has 0 aliphatic heterocycles. The number of carboxylic acids is 1. The van der Waals surface area contributed by atoms with Crippen LogP contribution in [0.5, 0.6) is 0 Å². The van der Waals surface area contributed by atoms with Crippen LogP contribution in [-0.4, -0.2) is 41.3 Å². The van der Waals surface area contributed by atoms with Crippen LogP contribution >= 0.6 is 0 Å². The van der Waals surface area contributed by atoms with Crippen molar-refractivity contribution in [2.75, 3.05) is 13.2 Å². The average molecular weight is 267 g/mol. The summed E-state index contributed by atoms with van der Waals surface area (Å²) in [5.74, 6) is 0.0470. The van der Waals surface area contributed by atoms with Crippen LogP contribution in [0.15, 0.2) is 22.8 Å². The van der Waals surface area contributed by atoms with Gasteiger partial charge >= 0.3 is 5.97 Å². The molecule has 5 heteroatoms. The van der Waals surface area contributed by atoms with Crippen molar-refractivity contribution in [3.63, 3.8) is 0 Å². The largest absolute Gasteiger partial charge is 0.479 e. The quantitative estimate of drug-likeness (QED) is 0.742. The van der Waals surface area contributed by atoms with E-state index in [1.165, 1.54) is 12.8 Å². The van der Waals surface area contributed by atoms with Gasteiger partial charge in [0.05, 0.1) is 12.8 Å². The van der Waals surface area contributed by atoms with Crippen LogP contribution in [0, 0.1) is 0 Å². The number of rotatable bonds is 9. The molecule has 1 fully saturated rings. The molecule has 0 radical (unpaired) electrons. The first-order valence-corrected chi connectivity index (χ1v) is 6.81. The molecular weight excluding hydrogens is 246 g/mol. The van der Waals surface area contributed by atoms with Crippen LogP contribution in [-0.2, 0) is 16.1 Å². The van der Waals surface area contributed by atoms with E-state index in [4.69, 9.17) is 14.3 Å². The average Bonchev–Trinajstić information content (AvgIpc) is 3.10. The zero-order valence-corrected chi connectivity index (χ0v) is 11.2. The van der Waals surface area contributed by atoms with Gasteiger partial charge in [-0.3, -0.25) is 4.90 Å². The Kier molecular flexibility index (Phi) is 4.99. The first-order chi connectivity index (χ1) is 9.20. The van der Waals surface area contributed by atoms with E-state index in [0.717, 1.165) is 18.8 Å². The Bertz CT molecular complexity index is 386. The molecule has 1 unspecified atom stereocenters. The molecule has 1 N–H and O–H groups in total. The molecule has 0 bridgehead atoms. The molecule has 1 aliphatic carbocycles. The van der Waals surface area contributed by atoms with Crippen molar-refractivity contribution >= 4 is 5.97 Å². The van der Waals surface area contributed by atoms with E-state index in [2.05, 4.69) is 4.90 Å². The van der Waals surface area contributed by atoms with Gasteiger partial charge in [0.15, 0.2) is 6.10 Å². The van der Waals surface area contributed by atoms with Crippen molar-refractivity contribution in [3.05, 3.63) is 24.2 Å². The van der Waals surface area contributed by atoms with Gasteiger partial charge < -0.3 is 14.3 Å². The second kappa shape index (κ2) is 6.73. The molecule has 0 spiro atoms. The van der Waals surface area contributed by atoms with E-state index in [-0.39, 0.29) is 0 Å². The summed E-state index contributed by atoms with van der Waals surface area (Å²) in [5, 5.41) is 9.07. The third-order valence-corrected chi connectivity index (χ3v) is 3.32. The number of furan rings is 1. The summed E-state index contributed by atoms with van der Waals surface area (Å²) in [4.78, 5) is 13.3. The Morgan fingerprint density at radius 3 is 2.95 bits per heavy atom. The normalized spacial score (nSPS) is 16.7. The van der Waals surface area contributed by atoms with Gasteiger partial charge in [-0.2, -0.15) is 0 Å². The number of carboxylic acid groups (broad SMARTS) is 1. The Morgan fingerprint density at radius 2 is 2.42 bits per heavy atom. The minimum atomic E-state index is -0.879. The molecule has 0 aromatic carbocycles. The topological polar surface area (TPSA) is 62.9 Å². The van der Waals surface area contributed by atoms with Crippen LogP contribution in [0.1, 0.15) is 31.9 Å². The van der Waals surface area contributed by atoms with Crippen molar-refractivity contribution in [1.29, 1.82) is 0 Å². The summed E-state index contributed by atoms with van der Waals surface area (Å²) in [7, 11) is 0. The molecule has 19 heavy (non-hydrogen) atoms. The maximum absolute atomic E-state index is 11.0. The fraction of sp³-hybridized carbons (Fsp3) is 0.643. The zero-order chi connectivity index (χ0) is 13.7. The third kappa shape index (κ3) is 4.36. The van der Waals surface area contributed by atoms with Crippen LogP contribution in [0.25, 0.3) is 0 Å². The van der Waals surface area contributed by atoms with Crippen molar-refractivity contribution in [3.8, 4) is 0 Å². The second-order valence-electron chi connectivity index (χ2n) is 4.85. The molecule has 0 amide bonds. The van der Waals surface area contributed by atoms with Crippen LogP contribution in [0.4, 0.5) is 0 Å². The minimum absolute atomic E-state index is 0.429. The van der Waals surface area contributed by atoms with E-state index in [0.29, 0.717) is 19.1 Å². The van der Waals surface area contributed by atoms with Gasteiger partial charge in [-0.15, -0.1) is 0 Å². The highest BCUT2D eigenvalue weighted by molar-refractivity contribution is 5.72. The lowest BCUT2D eigenvalue weighted by Gasteiger charge is -2.22. The predicted octanol–water partition coefficient (Wildman–Crippen LogP) is 2.12. The van der Waals surface area contributed by atoms with E-state index < -0.39 is 12.1 Å². The minimum Gasteiger partial charge on any atom is -0.479 e. The molecule has 1 heterocycles. The van der Waals surface area contributed by atoms with E-state index in [9.17, 15) is 4.79 Å². The van der Waals surface area contributed by atoms with Crippen LogP contribution < -0.4 is 0 Å². The summed E-state index contributed by atoms with van der Waals surface area (Å²) < 4.78 is 10.6. The fourth-order valence-electron chi connectivity index (χ4n) is 2.20. The molecule has 1 saturated carbocycles. The highest BCUT2D eigenvalue weighted by Gasteiger charge is 2.30. The number of hydrogen-bond acceptors (Lipinski definition) is 4. The summed E-state index contributed by atoms with van der Waals surface area (Å²) in [6, 6.07) is 4.40. The Morgan fingerprint density at radius 1 is 1.63 bits per heavy atom. The smallest absolute Gasteiger partial charge is 0.332 e. The number of hydrogen-bond donors (Lipinski definition) is 1. The lowest BCUT2D eigenvalue weighted by Crippen LogP contribution is -2.33. The van der Waals surface area contributed by atoms with E-state index >= 15 is 0 Å². The number of carbonyl (C=O) groups is 1. The highest BCUT2D eigenvalue weighted by atomic mass is 16.5. The fourth-order valence-corrected chi connectivity index (χ4v) is 2.20. The van der Waals surface area contributed by atoms with Crippen LogP contribution in [0.3, 0.4) is 0 Å². The van der Waals surface area contributed by atoms with Crippen molar-refractivity contribution < 1.29 is 19.1 Å². The van der Waals surface area contributed by atoms with Crippen LogP contribution in [0.2, 0.25) is 0 Å². The van der Waals surface area contributed by atoms with Gasteiger partial charge in [0, 0.05) is 19.2 Å². The standard InChI is InChI=1S/C14H21NO4/c1-2-18-13(14(16)17)7-8-15(11-5-6-11)10-12-4-3-9-19-12/h3-4,9,11,13H,2,5-8,10H2,1H3,(H,16,17). The van der Waals surface area contributed by atoms with Gasteiger partial charge in [-0.25, -0.2) is 4.79 Å². The summed E-state index contributed by atoms with van der Waals surface area (Å²) in [6.07, 6.45) is 3.85. The molecule has 5 nitrogen and oxygen atoms in total. The second-order valence-corrected chi connectivity index (χ2v) is 4.85. The Labute approximate surface area is 113 Å². The molecule has 1 aliphatic rings. The number of nitrogens with zero attached hydrogens (tertiary/aromatic N) is 1. The molecule has 1 aromatic heterocycles. The SMILES string of the molecule is CCOC(CCN(Cc1ccco1)C1CC1)C(=O)O. The molecule has 2 rings (SSSR count). The molecule has 1 aromatic rings. The van der Waals surface area contributed by atoms with Crippen molar-refractivity contribution in [2.24, 2.45) is 0 Å². The van der Waals surface area contributed by atoms with Crippen molar-refractivity contribution in [2.45, 2.75) is 44.9 Å². The van der Waals surface area contributed by atoms with Gasteiger partial charge in [-0.1, -0.05) is 0 Å². The highest BCUT2D eigenvalue weighted by Crippen LogP contribution is 2.28. The Hall–Kier alpha value is -1.33. The van der Waals surface area contributed by atoms with Crippen molar-refractivity contribution in [1.82, 2.24) is 4.90 Å².